The Morgan fingerprint density at radius 1 is 1.41 bits per heavy atom. The van der Waals surface area contributed by atoms with Gasteiger partial charge in [-0.3, -0.25) is 9.59 Å². The van der Waals surface area contributed by atoms with Crippen LogP contribution in [0.3, 0.4) is 0 Å². The van der Waals surface area contributed by atoms with Gasteiger partial charge in [-0.15, -0.1) is 11.3 Å². The van der Waals surface area contributed by atoms with Gasteiger partial charge >= 0.3 is 5.97 Å². The minimum absolute atomic E-state index is 0.0430. The average molecular weight is 255 g/mol. The Balaban J connectivity index is 2.54. The average Bonchev–Trinajstić information content (AvgIpc) is 2.83. The number of methoxy groups -OCH3 is 1. The van der Waals surface area contributed by atoms with Crippen LogP contribution in [0.2, 0.25) is 0 Å². The fourth-order valence-electron chi connectivity index (χ4n) is 1.33. The molecule has 0 spiro atoms. The molecule has 0 aromatic carbocycles. The SMILES string of the molecule is CCc1ccc(C(=O)N(C)CCC(=O)OC)s1. The zero-order valence-corrected chi connectivity index (χ0v) is 11.2. The number of aryl methyl sites for hydroxylation is 1. The maximum absolute atomic E-state index is 12.0. The van der Waals surface area contributed by atoms with E-state index in [9.17, 15) is 9.59 Å². The van der Waals surface area contributed by atoms with E-state index in [4.69, 9.17) is 0 Å². The van der Waals surface area contributed by atoms with E-state index in [1.54, 1.807) is 11.9 Å². The fraction of sp³-hybridized carbons (Fsp3) is 0.500. The van der Waals surface area contributed by atoms with Crippen LogP contribution in [-0.4, -0.2) is 37.5 Å². The Kier molecular flexibility index (Phi) is 5.15. The Morgan fingerprint density at radius 2 is 2.12 bits per heavy atom. The molecule has 5 heteroatoms. The van der Waals surface area contributed by atoms with E-state index < -0.39 is 0 Å². The number of hydrogen-bond acceptors (Lipinski definition) is 4. The molecule has 1 heterocycles. The molecule has 0 fully saturated rings. The summed E-state index contributed by atoms with van der Waals surface area (Å²) in [6.45, 7) is 2.44. The van der Waals surface area contributed by atoms with Gasteiger partial charge in [-0.2, -0.15) is 0 Å². The lowest BCUT2D eigenvalue weighted by Gasteiger charge is -2.15. The molecule has 0 aliphatic heterocycles. The fourth-order valence-corrected chi connectivity index (χ4v) is 2.28. The van der Waals surface area contributed by atoms with Gasteiger partial charge in [-0.05, 0) is 18.6 Å². The van der Waals surface area contributed by atoms with Gasteiger partial charge < -0.3 is 9.64 Å². The minimum atomic E-state index is -0.301. The second kappa shape index (κ2) is 6.39. The number of nitrogens with zero attached hydrogens (tertiary/aromatic N) is 1. The van der Waals surface area contributed by atoms with E-state index in [1.807, 2.05) is 12.1 Å². The molecule has 0 atom stereocenters. The van der Waals surface area contributed by atoms with Crippen LogP contribution in [0.1, 0.15) is 27.9 Å². The molecule has 1 rings (SSSR count). The molecule has 1 aromatic heterocycles. The van der Waals surface area contributed by atoms with Crippen LogP contribution in [0.4, 0.5) is 0 Å². The van der Waals surface area contributed by atoms with Gasteiger partial charge in [0.15, 0.2) is 0 Å². The number of esters is 1. The van der Waals surface area contributed by atoms with Crippen molar-refractivity contribution in [2.75, 3.05) is 20.7 Å². The molecule has 0 aliphatic rings. The summed E-state index contributed by atoms with van der Waals surface area (Å²) in [6, 6.07) is 3.80. The van der Waals surface area contributed by atoms with Crippen molar-refractivity contribution in [1.82, 2.24) is 4.90 Å². The van der Waals surface area contributed by atoms with Crippen LogP contribution < -0.4 is 0 Å². The number of amides is 1. The second-order valence-corrected chi connectivity index (χ2v) is 4.84. The van der Waals surface area contributed by atoms with Gasteiger partial charge in [0, 0.05) is 18.5 Å². The normalized spacial score (nSPS) is 10.1. The largest absolute Gasteiger partial charge is 0.469 e. The van der Waals surface area contributed by atoms with Crippen LogP contribution in [0, 0.1) is 0 Å². The molecule has 1 aromatic rings. The molecule has 0 unspecified atom stereocenters. The van der Waals surface area contributed by atoms with E-state index in [-0.39, 0.29) is 18.3 Å². The predicted molar refractivity (Wildman–Crippen MR) is 67.3 cm³/mol. The summed E-state index contributed by atoms with van der Waals surface area (Å²) in [4.78, 5) is 26.4. The molecule has 0 N–H and O–H groups in total. The van der Waals surface area contributed by atoms with Crippen LogP contribution in [0.15, 0.2) is 12.1 Å². The van der Waals surface area contributed by atoms with E-state index in [2.05, 4.69) is 11.7 Å². The lowest BCUT2D eigenvalue weighted by Crippen LogP contribution is -2.28. The summed E-state index contributed by atoms with van der Waals surface area (Å²) < 4.78 is 4.53. The second-order valence-electron chi connectivity index (χ2n) is 3.67. The minimum Gasteiger partial charge on any atom is -0.469 e. The molecule has 17 heavy (non-hydrogen) atoms. The van der Waals surface area contributed by atoms with Crippen molar-refractivity contribution in [2.24, 2.45) is 0 Å². The lowest BCUT2D eigenvalue weighted by molar-refractivity contribution is -0.140. The van der Waals surface area contributed by atoms with Crippen molar-refractivity contribution in [3.05, 3.63) is 21.9 Å². The van der Waals surface area contributed by atoms with E-state index in [0.29, 0.717) is 11.4 Å². The van der Waals surface area contributed by atoms with Crippen LogP contribution in [-0.2, 0) is 16.0 Å². The summed E-state index contributed by atoms with van der Waals surface area (Å²) in [7, 11) is 3.04. The number of ether oxygens (including phenoxy) is 1. The van der Waals surface area contributed by atoms with Gasteiger partial charge in [-0.25, -0.2) is 0 Å². The molecule has 0 saturated carbocycles. The van der Waals surface area contributed by atoms with Crippen molar-refractivity contribution >= 4 is 23.2 Å². The molecule has 4 nitrogen and oxygen atoms in total. The van der Waals surface area contributed by atoms with Crippen molar-refractivity contribution < 1.29 is 14.3 Å². The summed E-state index contributed by atoms with van der Waals surface area (Å²) in [5, 5.41) is 0. The Morgan fingerprint density at radius 3 is 2.65 bits per heavy atom. The number of carbonyl (C=O) groups is 2. The highest BCUT2D eigenvalue weighted by atomic mass is 32.1. The first-order chi connectivity index (χ1) is 8.08. The van der Waals surface area contributed by atoms with Crippen LogP contribution in [0.25, 0.3) is 0 Å². The molecule has 94 valence electrons. The maximum atomic E-state index is 12.0. The maximum Gasteiger partial charge on any atom is 0.307 e. The number of rotatable bonds is 5. The summed E-state index contributed by atoms with van der Waals surface area (Å²) in [6.07, 6.45) is 1.16. The standard InChI is InChI=1S/C12H17NO3S/c1-4-9-5-6-10(17-9)12(15)13(2)8-7-11(14)16-3/h5-6H,4,7-8H2,1-3H3. The molecule has 0 aliphatic carbocycles. The molecule has 0 saturated heterocycles. The van der Waals surface area contributed by atoms with Crippen molar-refractivity contribution in [2.45, 2.75) is 19.8 Å². The Hall–Kier alpha value is -1.36. The first-order valence-electron chi connectivity index (χ1n) is 5.49. The van der Waals surface area contributed by atoms with Crippen LogP contribution >= 0.6 is 11.3 Å². The molecule has 0 radical (unpaired) electrons. The first-order valence-corrected chi connectivity index (χ1v) is 6.31. The quantitative estimate of drug-likeness (QED) is 0.755. The molecule has 1 amide bonds. The third kappa shape index (κ3) is 3.85. The van der Waals surface area contributed by atoms with Gasteiger partial charge in [0.25, 0.3) is 5.91 Å². The topological polar surface area (TPSA) is 46.6 Å². The number of carbonyl (C=O) groups excluding carboxylic acids is 2. The zero-order chi connectivity index (χ0) is 12.8. The molecular formula is C12H17NO3S. The molecular weight excluding hydrogens is 238 g/mol. The third-order valence-corrected chi connectivity index (χ3v) is 3.66. The third-order valence-electron chi connectivity index (χ3n) is 2.45. The van der Waals surface area contributed by atoms with Gasteiger partial charge in [0.2, 0.25) is 0 Å². The lowest BCUT2D eigenvalue weighted by atomic mass is 10.3. The highest BCUT2D eigenvalue weighted by Gasteiger charge is 2.14. The zero-order valence-electron chi connectivity index (χ0n) is 10.4. The number of hydrogen-bond donors (Lipinski definition) is 0. The Bertz CT molecular complexity index is 400. The predicted octanol–water partition coefficient (Wildman–Crippen LogP) is 1.95. The summed E-state index contributed by atoms with van der Waals surface area (Å²) in [5.41, 5.74) is 0. The van der Waals surface area contributed by atoms with Crippen molar-refractivity contribution in [3.63, 3.8) is 0 Å². The Labute approximate surface area is 105 Å². The number of thiophene rings is 1. The van der Waals surface area contributed by atoms with E-state index in [1.165, 1.54) is 23.3 Å². The summed E-state index contributed by atoms with van der Waals surface area (Å²) in [5.74, 6) is -0.344. The van der Waals surface area contributed by atoms with E-state index >= 15 is 0 Å². The highest BCUT2D eigenvalue weighted by Crippen LogP contribution is 2.18. The smallest absolute Gasteiger partial charge is 0.307 e. The van der Waals surface area contributed by atoms with E-state index in [0.717, 1.165) is 6.42 Å². The summed E-state index contributed by atoms with van der Waals surface area (Å²) >= 11 is 1.50. The monoisotopic (exact) mass is 255 g/mol. The highest BCUT2D eigenvalue weighted by molar-refractivity contribution is 7.14. The van der Waals surface area contributed by atoms with Crippen molar-refractivity contribution in [1.29, 1.82) is 0 Å². The van der Waals surface area contributed by atoms with Crippen molar-refractivity contribution in [3.8, 4) is 0 Å². The van der Waals surface area contributed by atoms with Crippen LogP contribution in [0.5, 0.6) is 0 Å². The van der Waals surface area contributed by atoms with Gasteiger partial charge in [-0.1, -0.05) is 6.92 Å². The van der Waals surface area contributed by atoms with Gasteiger partial charge in [0.1, 0.15) is 0 Å². The molecule has 0 bridgehead atoms. The first kappa shape index (κ1) is 13.7. The van der Waals surface area contributed by atoms with Gasteiger partial charge in [0.05, 0.1) is 18.4 Å².